The Labute approximate surface area is 166 Å². The molecule has 3 aromatic rings. The number of rotatable bonds is 7. The second-order valence-corrected chi connectivity index (χ2v) is 7.25. The molecule has 0 spiro atoms. The molecule has 0 aliphatic rings. The molecular formula is C21H21FN2O3S. The number of ether oxygens (including phenoxy) is 1. The van der Waals surface area contributed by atoms with Crippen molar-refractivity contribution in [3.05, 3.63) is 64.3 Å². The van der Waals surface area contributed by atoms with E-state index in [1.54, 1.807) is 12.1 Å². The lowest BCUT2D eigenvalue weighted by Gasteiger charge is -2.10. The Balaban J connectivity index is 1.73. The number of thiophene rings is 1. The molecule has 3 rings (SSSR count). The number of methoxy groups -OCH3 is 1. The van der Waals surface area contributed by atoms with Gasteiger partial charge in [0.1, 0.15) is 5.82 Å². The second kappa shape index (κ2) is 8.95. The number of hydrogen-bond donors (Lipinski definition) is 2. The normalized spacial score (nSPS) is 10.8. The van der Waals surface area contributed by atoms with Crippen LogP contribution in [-0.2, 0) is 22.6 Å². The fraction of sp³-hybridized carbons (Fsp3) is 0.238. The van der Waals surface area contributed by atoms with Gasteiger partial charge in [-0.05, 0) is 30.2 Å². The summed E-state index contributed by atoms with van der Waals surface area (Å²) in [4.78, 5) is 25.2. The molecule has 2 N–H and O–H groups in total. The van der Waals surface area contributed by atoms with Gasteiger partial charge in [0.25, 0.3) is 5.91 Å². The van der Waals surface area contributed by atoms with E-state index < -0.39 is 11.7 Å². The number of benzene rings is 2. The molecule has 0 aliphatic heterocycles. The molecular weight excluding hydrogens is 379 g/mol. The van der Waals surface area contributed by atoms with Crippen LogP contribution in [0.5, 0.6) is 0 Å². The van der Waals surface area contributed by atoms with Crippen LogP contribution in [-0.4, -0.2) is 25.5 Å². The third kappa shape index (κ3) is 4.21. The number of nitrogens with one attached hydrogen (secondary N) is 2. The van der Waals surface area contributed by atoms with Crippen LogP contribution in [0.25, 0.3) is 10.1 Å². The summed E-state index contributed by atoms with van der Waals surface area (Å²) in [5, 5.41) is 5.82. The highest BCUT2D eigenvalue weighted by atomic mass is 32.1. The summed E-state index contributed by atoms with van der Waals surface area (Å²) in [5.41, 5.74) is 2.24. The molecule has 0 atom stereocenters. The van der Waals surface area contributed by atoms with Crippen molar-refractivity contribution < 1.29 is 18.7 Å². The molecule has 28 heavy (non-hydrogen) atoms. The summed E-state index contributed by atoms with van der Waals surface area (Å²) in [7, 11) is 1.49. The van der Waals surface area contributed by atoms with Crippen molar-refractivity contribution in [3.63, 3.8) is 0 Å². The van der Waals surface area contributed by atoms with Crippen molar-refractivity contribution >= 4 is 38.9 Å². The number of halogens is 1. The van der Waals surface area contributed by atoms with Crippen molar-refractivity contribution in [2.45, 2.75) is 20.0 Å². The van der Waals surface area contributed by atoms with Gasteiger partial charge in [0, 0.05) is 28.4 Å². The van der Waals surface area contributed by atoms with Crippen LogP contribution >= 0.6 is 11.3 Å². The molecule has 0 radical (unpaired) electrons. The van der Waals surface area contributed by atoms with Crippen LogP contribution in [0.15, 0.2) is 42.5 Å². The van der Waals surface area contributed by atoms with Crippen molar-refractivity contribution in [3.8, 4) is 0 Å². The summed E-state index contributed by atoms with van der Waals surface area (Å²) in [6, 6.07) is 12.2. The van der Waals surface area contributed by atoms with Gasteiger partial charge < -0.3 is 15.4 Å². The lowest BCUT2D eigenvalue weighted by molar-refractivity contribution is -0.115. The summed E-state index contributed by atoms with van der Waals surface area (Å²) in [6.07, 6.45) is 0.788. The third-order valence-corrected chi connectivity index (χ3v) is 5.54. The lowest BCUT2D eigenvalue weighted by atomic mass is 10.1. The second-order valence-electron chi connectivity index (χ2n) is 6.20. The lowest BCUT2D eigenvalue weighted by Crippen LogP contribution is -2.33. The predicted octanol–water partition coefficient (Wildman–Crippen LogP) is 4.12. The number of anilines is 1. The smallest absolute Gasteiger partial charge is 0.262 e. The van der Waals surface area contributed by atoms with Crippen LogP contribution in [0.3, 0.4) is 0 Å². The maximum atomic E-state index is 14.2. The Morgan fingerprint density at radius 3 is 2.68 bits per heavy atom. The number of carbonyl (C=O) groups excluding carboxylic acids is 2. The van der Waals surface area contributed by atoms with Gasteiger partial charge in [-0.1, -0.05) is 31.2 Å². The number of aryl methyl sites for hydroxylation is 1. The van der Waals surface area contributed by atoms with E-state index in [4.69, 9.17) is 4.74 Å². The van der Waals surface area contributed by atoms with Crippen LogP contribution in [0.4, 0.5) is 10.1 Å². The average molecular weight is 400 g/mol. The predicted molar refractivity (Wildman–Crippen MR) is 109 cm³/mol. The van der Waals surface area contributed by atoms with E-state index >= 15 is 0 Å². The van der Waals surface area contributed by atoms with Gasteiger partial charge in [0.15, 0.2) is 0 Å². The fourth-order valence-electron chi connectivity index (χ4n) is 3.02. The van der Waals surface area contributed by atoms with Gasteiger partial charge in [-0.2, -0.15) is 0 Å². The minimum Gasteiger partial charge on any atom is -0.380 e. The van der Waals surface area contributed by atoms with Crippen molar-refractivity contribution in [2.24, 2.45) is 0 Å². The van der Waals surface area contributed by atoms with E-state index in [2.05, 4.69) is 10.6 Å². The van der Waals surface area contributed by atoms with Gasteiger partial charge in [-0.15, -0.1) is 11.3 Å². The van der Waals surface area contributed by atoms with Gasteiger partial charge in [-0.25, -0.2) is 4.39 Å². The zero-order valence-corrected chi connectivity index (χ0v) is 16.5. The SMILES string of the molecule is CCc1ccccc1NC(=O)CNC(=O)c1sc2cccc(F)c2c1COC. The standard InChI is InChI=1S/C21H21FN2O3S/c1-3-13-7-4-5-9-16(13)24-18(25)11-23-21(26)20-14(12-27-2)19-15(22)8-6-10-17(19)28-20/h4-10H,3,11-12H2,1-2H3,(H,23,26)(H,24,25). The molecule has 146 valence electrons. The molecule has 7 heteroatoms. The summed E-state index contributed by atoms with van der Waals surface area (Å²) in [6.45, 7) is 1.93. The molecule has 0 unspecified atom stereocenters. The van der Waals surface area contributed by atoms with Gasteiger partial charge >= 0.3 is 0 Å². The number of fused-ring (bicyclic) bond motifs is 1. The molecule has 2 aromatic carbocycles. The van der Waals surface area contributed by atoms with Crippen LogP contribution in [0.2, 0.25) is 0 Å². The topological polar surface area (TPSA) is 67.4 Å². The average Bonchev–Trinajstić information content (AvgIpc) is 3.07. The first-order valence-electron chi connectivity index (χ1n) is 8.90. The molecule has 0 aliphatic carbocycles. The fourth-order valence-corrected chi connectivity index (χ4v) is 4.16. The van der Waals surface area contributed by atoms with Crippen molar-refractivity contribution in [1.29, 1.82) is 0 Å². The monoisotopic (exact) mass is 400 g/mol. The first-order valence-corrected chi connectivity index (χ1v) is 9.71. The summed E-state index contributed by atoms with van der Waals surface area (Å²) >= 11 is 1.18. The maximum Gasteiger partial charge on any atom is 0.262 e. The van der Waals surface area contributed by atoms with E-state index in [-0.39, 0.29) is 19.1 Å². The van der Waals surface area contributed by atoms with Gasteiger partial charge in [0.05, 0.1) is 18.0 Å². The minimum absolute atomic E-state index is 0.111. The zero-order valence-electron chi connectivity index (χ0n) is 15.7. The van der Waals surface area contributed by atoms with Crippen LogP contribution < -0.4 is 10.6 Å². The quantitative estimate of drug-likeness (QED) is 0.627. The van der Waals surface area contributed by atoms with E-state index in [1.165, 1.54) is 24.5 Å². The molecule has 0 saturated carbocycles. The molecule has 1 heterocycles. The summed E-state index contributed by atoms with van der Waals surface area (Å²) in [5.74, 6) is -1.14. The number of para-hydroxylation sites is 1. The highest BCUT2D eigenvalue weighted by Crippen LogP contribution is 2.33. The van der Waals surface area contributed by atoms with Crippen molar-refractivity contribution in [2.75, 3.05) is 19.0 Å². The zero-order chi connectivity index (χ0) is 20.1. The first-order chi connectivity index (χ1) is 13.5. The van der Waals surface area contributed by atoms with E-state index in [0.29, 0.717) is 20.5 Å². The molecule has 0 fully saturated rings. The van der Waals surface area contributed by atoms with Crippen molar-refractivity contribution in [1.82, 2.24) is 5.32 Å². The Morgan fingerprint density at radius 2 is 1.93 bits per heavy atom. The Bertz CT molecular complexity index is 1020. The molecule has 5 nitrogen and oxygen atoms in total. The van der Waals surface area contributed by atoms with E-state index in [1.807, 2.05) is 31.2 Å². The van der Waals surface area contributed by atoms with E-state index in [9.17, 15) is 14.0 Å². The Hall–Kier alpha value is -2.77. The Morgan fingerprint density at radius 1 is 1.14 bits per heavy atom. The largest absolute Gasteiger partial charge is 0.380 e. The molecule has 0 bridgehead atoms. The van der Waals surface area contributed by atoms with Gasteiger partial charge in [0.2, 0.25) is 5.91 Å². The molecule has 2 amide bonds. The van der Waals surface area contributed by atoms with Gasteiger partial charge in [-0.3, -0.25) is 9.59 Å². The molecule has 0 saturated heterocycles. The highest BCUT2D eigenvalue weighted by Gasteiger charge is 2.21. The Kier molecular flexibility index (Phi) is 6.38. The van der Waals surface area contributed by atoms with Crippen LogP contribution in [0, 0.1) is 5.82 Å². The third-order valence-electron chi connectivity index (χ3n) is 4.34. The highest BCUT2D eigenvalue weighted by molar-refractivity contribution is 7.21. The maximum absolute atomic E-state index is 14.2. The summed E-state index contributed by atoms with van der Waals surface area (Å²) < 4.78 is 20.0. The van der Waals surface area contributed by atoms with Crippen LogP contribution in [0.1, 0.15) is 27.7 Å². The first kappa shape index (κ1) is 20.0. The number of carbonyl (C=O) groups is 2. The molecule has 1 aromatic heterocycles. The number of amides is 2. The number of hydrogen-bond acceptors (Lipinski definition) is 4. The minimum atomic E-state index is -0.424. The van der Waals surface area contributed by atoms with E-state index in [0.717, 1.165) is 17.7 Å².